The Morgan fingerprint density at radius 1 is 1.29 bits per heavy atom. The molecule has 0 radical (unpaired) electrons. The van der Waals surface area contributed by atoms with Crippen molar-refractivity contribution in [3.05, 3.63) is 46.6 Å². The van der Waals surface area contributed by atoms with E-state index in [9.17, 15) is 4.79 Å². The number of aromatic nitrogens is 2. The lowest BCUT2D eigenvalue weighted by Gasteiger charge is -2.08. The summed E-state index contributed by atoms with van der Waals surface area (Å²) in [6.07, 6.45) is 1.34. The Balaban J connectivity index is 2.37. The molecule has 0 saturated heterocycles. The zero-order valence-electron chi connectivity index (χ0n) is 8.59. The van der Waals surface area contributed by atoms with Gasteiger partial charge in [0.1, 0.15) is 5.56 Å². The van der Waals surface area contributed by atoms with E-state index < -0.39 is 5.97 Å². The number of carboxylic acids is 1. The van der Waals surface area contributed by atoms with Crippen LogP contribution in [0.4, 0.5) is 11.5 Å². The van der Waals surface area contributed by atoms with Gasteiger partial charge < -0.3 is 10.4 Å². The summed E-state index contributed by atoms with van der Waals surface area (Å²) in [4.78, 5) is 11.0. The van der Waals surface area contributed by atoms with Gasteiger partial charge in [0.15, 0.2) is 5.82 Å². The molecule has 2 aromatic rings. The van der Waals surface area contributed by atoms with E-state index in [1.54, 1.807) is 0 Å². The Labute approximate surface area is 106 Å². The van der Waals surface area contributed by atoms with Gasteiger partial charge >= 0.3 is 5.97 Å². The molecular formula is C11H8BrN3O2. The number of nitrogens with zero attached hydrogens (tertiary/aromatic N) is 2. The summed E-state index contributed by atoms with van der Waals surface area (Å²) >= 11 is 3.36. The second-order valence-electron chi connectivity index (χ2n) is 3.20. The van der Waals surface area contributed by atoms with Crippen LogP contribution in [0.15, 0.2) is 41.0 Å². The third kappa shape index (κ3) is 2.59. The van der Waals surface area contributed by atoms with Crippen molar-refractivity contribution < 1.29 is 9.90 Å². The number of carboxylic acid groups (broad SMARTS) is 1. The molecular weight excluding hydrogens is 286 g/mol. The van der Waals surface area contributed by atoms with Crippen molar-refractivity contribution in [3.8, 4) is 0 Å². The molecule has 1 aromatic carbocycles. The van der Waals surface area contributed by atoms with Crippen LogP contribution < -0.4 is 5.32 Å². The molecule has 0 saturated carbocycles. The highest BCUT2D eigenvalue weighted by molar-refractivity contribution is 9.10. The highest BCUT2D eigenvalue weighted by Crippen LogP contribution is 2.25. The second-order valence-corrected chi connectivity index (χ2v) is 4.06. The Hall–Kier alpha value is -1.95. The Morgan fingerprint density at radius 2 is 2.06 bits per heavy atom. The summed E-state index contributed by atoms with van der Waals surface area (Å²) < 4.78 is 0.821. The average Bonchev–Trinajstić information content (AvgIpc) is 2.32. The molecule has 0 atom stereocenters. The zero-order valence-corrected chi connectivity index (χ0v) is 10.2. The van der Waals surface area contributed by atoms with Gasteiger partial charge in [-0.05, 0) is 34.1 Å². The lowest BCUT2D eigenvalue weighted by Crippen LogP contribution is -2.05. The molecule has 0 amide bonds. The highest BCUT2D eigenvalue weighted by Gasteiger charge is 2.12. The summed E-state index contributed by atoms with van der Waals surface area (Å²) in [5.74, 6) is -0.832. The summed E-state index contributed by atoms with van der Waals surface area (Å²) in [5, 5.41) is 19.4. The van der Waals surface area contributed by atoms with E-state index in [0.29, 0.717) is 0 Å². The van der Waals surface area contributed by atoms with Crippen molar-refractivity contribution in [1.82, 2.24) is 10.2 Å². The quantitative estimate of drug-likeness (QED) is 0.910. The van der Waals surface area contributed by atoms with E-state index in [1.807, 2.05) is 24.3 Å². The molecule has 1 heterocycles. The van der Waals surface area contributed by atoms with E-state index in [-0.39, 0.29) is 11.4 Å². The van der Waals surface area contributed by atoms with Gasteiger partial charge in [-0.1, -0.05) is 12.1 Å². The number of aromatic carboxylic acids is 1. The van der Waals surface area contributed by atoms with Crippen molar-refractivity contribution in [2.75, 3.05) is 5.32 Å². The Kier molecular flexibility index (Phi) is 3.34. The topological polar surface area (TPSA) is 75.1 Å². The van der Waals surface area contributed by atoms with Crippen molar-refractivity contribution >= 4 is 33.4 Å². The van der Waals surface area contributed by atoms with Gasteiger partial charge in [0.2, 0.25) is 0 Å². The van der Waals surface area contributed by atoms with Crippen LogP contribution in [-0.4, -0.2) is 21.3 Å². The molecule has 0 bridgehead atoms. The molecule has 0 unspecified atom stereocenters. The summed E-state index contributed by atoms with van der Waals surface area (Å²) in [7, 11) is 0. The van der Waals surface area contributed by atoms with E-state index in [2.05, 4.69) is 31.4 Å². The molecule has 2 N–H and O–H groups in total. The fraction of sp³-hybridized carbons (Fsp3) is 0. The van der Waals surface area contributed by atoms with Crippen LogP contribution in [-0.2, 0) is 0 Å². The fourth-order valence-electron chi connectivity index (χ4n) is 1.29. The molecule has 0 fully saturated rings. The third-order valence-electron chi connectivity index (χ3n) is 2.08. The number of benzene rings is 1. The zero-order chi connectivity index (χ0) is 12.3. The van der Waals surface area contributed by atoms with Gasteiger partial charge in [-0.15, -0.1) is 5.10 Å². The molecule has 5 nitrogen and oxygen atoms in total. The maximum atomic E-state index is 11.0. The van der Waals surface area contributed by atoms with Crippen LogP contribution in [0.25, 0.3) is 0 Å². The molecule has 0 aliphatic heterocycles. The predicted molar refractivity (Wildman–Crippen MR) is 66.4 cm³/mol. The first-order valence-corrected chi connectivity index (χ1v) is 5.54. The lowest BCUT2D eigenvalue weighted by molar-refractivity contribution is 0.0697. The van der Waals surface area contributed by atoms with Crippen LogP contribution >= 0.6 is 15.9 Å². The Morgan fingerprint density at radius 3 is 2.76 bits per heavy atom. The first-order valence-electron chi connectivity index (χ1n) is 4.75. The molecule has 1 aromatic heterocycles. The number of anilines is 2. The van der Waals surface area contributed by atoms with Crippen LogP contribution in [0.3, 0.4) is 0 Å². The number of hydrogen-bond donors (Lipinski definition) is 2. The van der Waals surface area contributed by atoms with Gasteiger partial charge in [-0.25, -0.2) is 4.79 Å². The first kappa shape index (κ1) is 11.5. The van der Waals surface area contributed by atoms with Gasteiger partial charge in [0.05, 0.1) is 11.9 Å². The molecule has 0 aliphatic rings. The largest absolute Gasteiger partial charge is 0.478 e. The van der Waals surface area contributed by atoms with E-state index in [0.717, 1.165) is 10.2 Å². The normalized spacial score (nSPS) is 9.94. The van der Waals surface area contributed by atoms with Gasteiger partial charge in [-0.3, -0.25) is 0 Å². The molecule has 2 rings (SSSR count). The van der Waals surface area contributed by atoms with Crippen molar-refractivity contribution in [2.24, 2.45) is 0 Å². The third-order valence-corrected chi connectivity index (χ3v) is 2.77. The number of rotatable bonds is 3. The minimum Gasteiger partial charge on any atom is -0.478 e. The summed E-state index contributed by atoms with van der Waals surface area (Å²) in [5.41, 5.74) is 0.811. The van der Waals surface area contributed by atoms with Crippen LogP contribution in [0.2, 0.25) is 0 Å². The smallest absolute Gasteiger partial charge is 0.339 e. The number of carbonyl (C=O) groups is 1. The van der Waals surface area contributed by atoms with Crippen molar-refractivity contribution in [1.29, 1.82) is 0 Å². The minimum atomic E-state index is -1.05. The van der Waals surface area contributed by atoms with Gasteiger partial charge in [-0.2, -0.15) is 5.10 Å². The SMILES string of the molecule is O=C(O)c1ccnnc1Nc1ccccc1Br. The van der Waals surface area contributed by atoms with Crippen LogP contribution in [0.5, 0.6) is 0 Å². The highest BCUT2D eigenvalue weighted by atomic mass is 79.9. The van der Waals surface area contributed by atoms with E-state index >= 15 is 0 Å². The standard InChI is InChI=1S/C11H8BrN3O2/c12-8-3-1-2-4-9(8)14-10-7(11(16)17)5-6-13-15-10/h1-6H,(H,14,15)(H,16,17). The van der Waals surface area contributed by atoms with Crippen molar-refractivity contribution in [2.45, 2.75) is 0 Å². The number of para-hydroxylation sites is 1. The second kappa shape index (κ2) is 4.92. The number of nitrogens with one attached hydrogen (secondary N) is 1. The number of hydrogen-bond acceptors (Lipinski definition) is 4. The van der Waals surface area contributed by atoms with Crippen LogP contribution in [0, 0.1) is 0 Å². The average molecular weight is 294 g/mol. The van der Waals surface area contributed by atoms with Crippen LogP contribution in [0.1, 0.15) is 10.4 Å². The van der Waals surface area contributed by atoms with E-state index in [1.165, 1.54) is 12.3 Å². The molecule has 86 valence electrons. The maximum absolute atomic E-state index is 11.0. The van der Waals surface area contributed by atoms with E-state index in [4.69, 9.17) is 5.11 Å². The summed E-state index contributed by atoms with van der Waals surface area (Å²) in [6.45, 7) is 0. The predicted octanol–water partition coefficient (Wildman–Crippen LogP) is 2.68. The molecule has 6 heteroatoms. The Bertz CT molecular complexity index is 560. The van der Waals surface area contributed by atoms with Crippen molar-refractivity contribution in [3.63, 3.8) is 0 Å². The monoisotopic (exact) mass is 293 g/mol. The first-order chi connectivity index (χ1) is 8.18. The molecule has 17 heavy (non-hydrogen) atoms. The maximum Gasteiger partial charge on any atom is 0.339 e. The lowest BCUT2D eigenvalue weighted by atomic mass is 10.2. The van der Waals surface area contributed by atoms with Gasteiger partial charge in [0, 0.05) is 4.47 Å². The fourth-order valence-corrected chi connectivity index (χ4v) is 1.67. The molecule has 0 aliphatic carbocycles. The minimum absolute atomic E-state index is 0.0794. The van der Waals surface area contributed by atoms with Gasteiger partial charge in [0.25, 0.3) is 0 Å². The number of halogens is 1. The summed E-state index contributed by atoms with van der Waals surface area (Å²) in [6, 6.07) is 8.76. The molecule has 0 spiro atoms.